The standard InChI is InChI=1S/C54H43IN6O2/c1-58-44(33-60(56-58)31-41-15-13-39-11-9-35-5-3-7-37-19-23-47(41)52(39)50(35)37)25-27-62-45-21-17-34-18-22-46(30-43(34)29-45)63-28-26-49-54(55)61(57-59(49)2)32-42-16-14-40-12-10-36-6-4-8-38-20-24-48(42)53(40)51(36)38/h3-24,29-30,33H,25-28,31-32H2,1-2H3/q+2. The molecule has 0 aliphatic carbocycles. The highest BCUT2D eigenvalue weighted by Gasteiger charge is 2.23. The Hall–Kier alpha value is -6.85. The molecule has 0 atom stereocenters. The molecule has 0 aliphatic heterocycles. The summed E-state index contributed by atoms with van der Waals surface area (Å²) in [5.41, 5.74) is 4.79. The summed E-state index contributed by atoms with van der Waals surface area (Å²) in [6.45, 7) is 2.47. The first-order chi connectivity index (χ1) is 30.9. The molecule has 9 heteroatoms. The maximum Gasteiger partial charge on any atom is 0.230 e. The molecule has 0 spiro atoms. The number of ether oxygens (including phenoxy) is 2. The summed E-state index contributed by atoms with van der Waals surface area (Å²) in [5.74, 6) is 1.67. The summed E-state index contributed by atoms with van der Waals surface area (Å²) in [5, 5.41) is 27.6. The maximum atomic E-state index is 6.36. The fourth-order valence-electron chi connectivity index (χ4n) is 9.84. The minimum Gasteiger partial charge on any atom is -0.493 e. The Kier molecular flexibility index (Phi) is 9.14. The summed E-state index contributed by atoms with van der Waals surface area (Å²) >= 11 is 2.44. The van der Waals surface area contributed by atoms with Gasteiger partial charge in [-0.2, -0.15) is 0 Å². The quantitative estimate of drug-likeness (QED) is 0.0696. The predicted octanol–water partition coefficient (Wildman–Crippen LogP) is 10.6. The van der Waals surface area contributed by atoms with Crippen LogP contribution in [0.2, 0.25) is 0 Å². The summed E-state index contributed by atoms with van der Waals surface area (Å²) < 4.78 is 21.9. The molecule has 0 aliphatic rings. The van der Waals surface area contributed by atoms with Crippen molar-refractivity contribution in [2.24, 2.45) is 14.1 Å². The van der Waals surface area contributed by atoms with Gasteiger partial charge in [-0.05, 0) is 99.7 Å². The molecule has 0 radical (unpaired) electrons. The fourth-order valence-corrected chi connectivity index (χ4v) is 10.7. The summed E-state index contributed by atoms with van der Waals surface area (Å²) in [7, 11) is 4.03. The molecular weight excluding hydrogens is 892 g/mol. The van der Waals surface area contributed by atoms with Gasteiger partial charge in [0.05, 0.1) is 30.1 Å². The molecule has 0 unspecified atom stereocenters. The second kappa shape index (κ2) is 15.2. The first-order valence-corrected chi connectivity index (χ1v) is 22.6. The van der Waals surface area contributed by atoms with Gasteiger partial charge in [0.1, 0.15) is 38.7 Å². The van der Waals surface area contributed by atoms with Crippen molar-refractivity contribution in [3.8, 4) is 11.5 Å². The minimum absolute atomic E-state index is 0.539. The van der Waals surface area contributed by atoms with E-state index >= 15 is 0 Å². The third-order valence-corrected chi connectivity index (χ3v) is 14.1. The zero-order valence-corrected chi connectivity index (χ0v) is 37.2. The average Bonchev–Trinajstić information content (AvgIpc) is 3.79. The van der Waals surface area contributed by atoms with Crippen molar-refractivity contribution in [1.82, 2.24) is 19.8 Å². The maximum absolute atomic E-state index is 6.36. The van der Waals surface area contributed by atoms with Crippen molar-refractivity contribution in [1.29, 1.82) is 0 Å². The van der Waals surface area contributed by atoms with Crippen LogP contribution >= 0.6 is 22.6 Å². The Morgan fingerprint density at radius 1 is 0.492 bits per heavy atom. The largest absolute Gasteiger partial charge is 0.493 e. The van der Waals surface area contributed by atoms with E-state index < -0.39 is 0 Å². The van der Waals surface area contributed by atoms with Crippen LogP contribution in [0.3, 0.4) is 0 Å². The third kappa shape index (κ3) is 6.64. The number of benzene rings is 10. The number of fused-ring (bicyclic) bond motifs is 1. The molecule has 10 aromatic carbocycles. The van der Waals surface area contributed by atoms with Gasteiger partial charge in [0.25, 0.3) is 0 Å². The minimum atomic E-state index is 0.539. The van der Waals surface area contributed by atoms with E-state index in [9.17, 15) is 0 Å². The van der Waals surface area contributed by atoms with Crippen molar-refractivity contribution < 1.29 is 18.8 Å². The van der Waals surface area contributed by atoms with E-state index in [1.807, 2.05) is 40.3 Å². The molecule has 63 heavy (non-hydrogen) atoms. The first-order valence-electron chi connectivity index (χ1n) is 21.6. The number of aryl methyl sites for hydroxylation is 2. The highest BCUT2D eigenvalue weighted by atomic mass is 127. The number of hydrogen-bond acceptors (Lipinski definition) is 4. The van der Waals surface area contributed by atoms with Crippen LogP contribution < -0.4 is 18.8 Å². The molecule has 0 bridgehead atoms. The molecule has 0 saturated heterocycles. The Labute approximate surface area is 377 Å². The van der Waals surface area contributed by atoms with Crippen molar-refractivity contribution in [2.45, 2.75) is 25.9 Å². The van der Waals surface area contributed by atoms with Gasteiger partial charge in [-0.1, -0.05) is 121 Å². The second-order valence-electron chi connectivity index (χ2n) is 16.8. The number of hydrogen-bond donors (Lipinski definition) is 0. The lowest BCUT2D eigenvalue weighted by molar-refractivity contribution is -0.758. The van der Waals surface area contributed by atoms with Crippen LogP contribution in [0.25, 0.3) is 75.4 Å². The summed E-state index contributed by atoms with van der Waals surface area (Å²) in [6, 6.07) is 52.6. The molecular formula is C54H43IN6O2+2. The normalized spacial score (nSPS) is 12.1. The van der Waals surface area contributed by atoms with Crippen LogP contribution in [0.15, 0.2) is 152 Å². The molecule has 306 valence electrons. The number of halogens is 1. The average molecular weight is 935 g/mol. The van der Waals surface area contributed by atoms with Crippen LogP contribution in [0, 0.1) is 3.70 Å². The molecule has 12 aromatic rings. The zero-order chi connectivity index (χ0) is 42.2. The lowest BCUT2D eigenvalue weighted by Crippen LogP contribution is -2.40. The Balaban J connectivity index is 0.693. The van der Waals surface area contributed by atoms with Crippen LogP contribution in [-0.2, 0) is 40.0 Å². The zero-order valence-electron chi connectivity index (χ0n) is 35.1. The van der Waals surface area contributed by atoms with E-state index in [-0.39, 0.29) is 0 Å². The first kappa shape index (κ1) is 37.9. The van der Waals surface area contributed by atoms with Crippen molar-refractivity contribution in [3.63, 3.8) is 0 Å². The summed E-state index contributed by atoms with van der Waals surface area (Å²) in [4.78, 5) is 0. The smallest absolute Gasteiger partial charge is 0.230 e. The van der Waals surface area contributed by atoms with Crippen LogP contribution in [-0.4, -0.2) is 33.0 Å². The Bertz CT molecular complexity index is 3670. The van der Waals surface area contributed by atoms with Gasteiger partial charge < -0.3 is 9.47 Å². The van der Waals surface area contributed by atoms with E-state index in [4.69, 9.17) is 19.9 Å². The molecule has 12 rings (SSSR count). The van der Waals surface area contributed by atoms with Gasteiger partial charge in [0.15, 0.2) is 17.6 Å². The number of aromatic nitrogens is 6. The lowest BCUT2D eigenvalue weighted by Gasteiger charge is -2.12. The highest BCUT2D eigenvalue weighted by molar-refractivity contribution is 14.1. The number of nitrogens with zero attached hydrogens (tertiary/aromatic N) is 6. The van der Waals surface area contributed by atoms with E-state index in [1.54, 1.807) is 0 Å². The van der Waals surface area contributed by atoms with Gasteiger partial charge in [0.2, 0.25) is 3.70 Å². The Morgan fingerprint density at radius 3 is 1.57 bits per heavy atom. The fraction of sp³-hybridized carbons (Fsp3) is 0.148. The van der Waals surface area contributed by atoms with Crippen LogP contribution in [0.4, 0.5) is 0 Å². The van der Waals surface area contributed by atoms with E-state index in [1.165, 1.54) is 75.8 Å². The van der Waals surface area contributed by atoms with E-state index in [0.29, 0.717) is 26.3 Å². The third-order valence-electron chi connectivity index (χ3n) is 13.0. The van der Waals surface area contributed by atoms with Gasteiger partial charge >= 0.3 is 0 Å². The van der Waals surface area contributed by atoms with Gasteiger partial charge in [-0.15, -0.1) is 18.7 Å². The van der Waals surface area contributed by atoms with Crippen molar-refractivity contribution in [3.05, 3.63) is 178 Å². The molecule has 0 N–H and O–H groups in total. The molecule has 8 nitrogen and oxygen atoms in total. The van der Waals surface area contributed by atoms with Crippen LogP contribution in [0.5, 0.6) is 11.5 Å². The summed E-state index contributed by atoms with van der Waals surface area (Å²) in [6.07, 6.45) is 3.62. The monoisotopic (exact) mass is 934 g/mol. The lowest BCUT2D eigenvalue weighted by atomic mass is 9.92. The van der Waals surface area contributed by atoms with Gasteiger partial charge in [-0.3, -0.25) is 0 Å². The number of rotatable bonds is 12. The molecule has 0 amide bonds. The van der Waals surface area contributed by atoms with E-state index in [2.05, 4.69) is 167 Å². The van der Waals surface area contributed by atoms with Crippen molar-refractivity contribution in [2.75, 3.05) is 13.2 Å². The Morgan fingerprint density at radius 2 is 0.984 bits per heavy atom. The topological polar surface area (TPSA) is 61.9 Å². The molecule has 0 fully saturated rings. The van der Waals surface area contributed by atoms with E-state index in [0.717, 1.165) is 50.2 Å². The molecule has 0 saturated carbocycles. The van der Waals surface area contributed by atoms with Crippen molar-refractivity contribution >= 4 is 98.0 Å². The molecule has 2 aromatic heterocycles. The van der Waals surface area contributed by atoms with Gasteiger partial charge in [-0.25, -0.2) is 0 Å². The van der Waals surface area contributed by atoms with Gasteiger partial charge in [0, 0.05) is 40.1 Å². The predicted molar refractivity (Wildman–Crippen MR) is 260 cm³/mol. The highest BCUT2D eigenvalue weighted by Crippen LogP contribution is 2.37. The second-order valence-corrected chi connectivity index (χ2v) is 17.8. The molecule has 2 heterocycles. The van der Waals surface area contributed by atoms with Crippen LogP contribution in [0.1, 0.15) is 22.5 Å². The SMILES string of the molecule is Cn1n[n+](Cc2ccc3ccc4cccc5ccc2c3c45)cc1CCOc1ccc2ccc(OCCc3c(I)[n+](Cc4ccc5ccc6cccc7ccc4c5c67)nn3C)cc2c1.